The number of carbonyl (C=O) groups is 1. The maximum absolute atomic E-state index is 11.2. The quantitative estimate of drug-likeness (QED) is 0.865. The van der Waals surface area contributed by atoms with E-state index in [1.54, 1.807) is 12.1 Å². The van der Waals surface area contributed by atoms with Gasteiger partial charge >= 0.3 is 5.97 Å². The number of rotatable bonds is 5. The van der Waals surface area contributed by atoms with Gasteiger partial charge in [0.15, 0.2) is 0 Å². The second kappa shape index (κ2) is 6.70. The lowest BCUT2D eigenvalue weighted by atomic mass is 10.0. The van der Waals surface area contributed by atoms with Gasteiger partial charge in [-0.25, -0.2) is 9.78 Å². The van der Waals surface area contributed by atoms with Crippen LogP contribution in [0.2, 0.25) is 0 Å². The van der Waals surface area contributed by atoms with Gasteiger partial charge in [-0.3, -0.25) is 0 Å². The van der Waals surface area contributed by atoms with Crippen LogP contribution in [0.15, 0.2) is 12.1 Å². The third-order valence-corrected chi connectivity index (χ3v) is 3.73. The number of aryl methyl sites for hydroxylation is 1. The van der Waals surface area contributed by atoms with E-state index in [1.165, 1.54) is 6.42 Å². The predicted molar refractivity (Wildman–Crippen MR) is 79.3 cm³/mol. The summed E-state index contributed by atoms with van der Waals surface area (Å²) in [6.45, 7) is 7.36. The summed E-state index contributed by atoms with van der Waals surface area (Å²) in [4.78, 5) is 18.0. The first-order valence-corrected chi connectivity index (χ1v) is 7.30. The van der Waals surface area contributed by atoms with Gasteiger partial charge in [-0.05, 0) is 44.9 Å². The van der Waals surface area contributed by atoms with Crippen LogP contribution < -0.4 is 5.32 Å². The van der Waals surface area contributed by atoms with Gasteiger partial charge in [0.1, 0.15) is 11.4 Å². The van der Waals surface area contributed by atoms with Crippen LogP contribution in [0, 0.1) is 6.92 Å². The van der Waals surface area contributed by atoms with Crippen LogP contribution in [-0.4, -0.2) is 46.6 Å². The van der Waals surface area contributed by atoms with Crippen molar-refractivity contribution in [3.63, 3.8) is 0 Å². The Kier molecular flexibility index (Phi) is 4.95. The van der Waals surface area contributed by atoms with Crippen LogP contribution >= 0.6 is 0 Å². The summed E-state index contributed by atoms with van der Waals surface area (Å²) in [6, 6.07) is 3.67. The number of pyridine rings is 1. The maximum atomic E-state index is 11.2. The van der Waals surface area contributed by atoms with Crippen molar-refractivity contribution < 1.29 is 9.90 Å². The van der Waals surface area contributed by atoms with Crippen molar-refractivity contribution in [3.05, 3.63) is 23.4 Å². The van der Waals surface area contributed by atoms with Crippen molar-refractivity contribution in [2.75, 3.05) is 25.0 Å². The van der Waals surface area contributed by atoms with Gasteiger partial charge in [0.2, 0.25) is 0 Å². The molecule has 0 unspecified atom stereocenters. The minimum atomic E-state index is -0.927. The Balaban J connectivity index is 2.00. The molecule has 0 saturated carbocycles. The average molecular weight is 277 g/mol. The molecule has 5 heteroatoms. The molecule has 2 heterocycles. The molecule has 1 fully saturated rings. The van der Waals surface area contributed by atoms with Gasteiger partial charge in [0.25, 0.3) is 0 Å². The summed E-state index contributed by atoms with van der Waals surface area (Å²) < 4.78 is 0. The Morgan fingerprint density at radius 1 is 1.45 bits per heavy atom. The Morgan fingerprint density at radius 2 is 2.15 bits per heavy atom. The van der Waals surface area contributed by atoms with Crippen LogP contribution in [-0.2, 0) is 0 Å². The molecule has 110 valence electrons. The smallest absolute Gasteiger partial charge is 0.339 e. The van der Waals surface area contributed by atoms with E-state index in [-0.39, 0.29) is 5.56 Å². The monoisotopic (exact) mass is 277 g/mol. The average Bonchev–Trinajstić information content (AvgIpc) is 2.41. The summed E-state index contributed by atoms with van der Waals surface area (Å²) in [7, 11) is 0. The first kappa shape index (κ1) is 14.8. The number of anilines is 1. The van der Waals surface area contributed by atoms with Gasteiger partial charge in [-0.15, -0.1) is 0 Å². The fourth-order valence-corrected chi connectivity index (χ4v) is 2.65. The molecule has 1 saturated heterocycles. The van der Waals surface area contributed by atoms with Crippen LogP contribution in [0.25, 0.3) is 0 Å². The molecule has 0 atom stereocenters. The van der Waals surface area contributed by atoms with Gasteiger partial charge in [-0.1, -0.05) is 6.92 Å². The third-order valence-electron chi connectivity index (χ3n) is 3.73. The van der Waals surface area contributed by atoms with E-state index in [2.05, 4.69) is 22.1 Å². The van der Waals surface area contributed by atoms with E-state index < -0.39 is 5.97 Å². The Morgan fingerprint density at radius 3 is 2.75 bits per heavy atom. The number of aromatic nitrogens is 1. The zero-order chi connectivity index (χ0) is 14.5. The second-order valence-corrected chi connectivity index (χ2v) is 5.41. The summed E-state index contributed by atoms with van der Waals surface area (Å²) in [5, 5.41) is 12.5. The van der Waals surface area contributed by atoms with E-state index in [1.807, 2.05) is 6.92 Å². The Labute approximate surface area is 120 Å². The van der Waals surface area contributed by atoms with E-state index in [0.717, 1.165) is 38.2 Å². The fourth-order valence-electron chi connectivity index (χ4n) is 2.65. The number of aromatic carboxylic acids is 1. The number of hydrogen-bond donors (Lipinski definition) is 2. The van der Waals surface area contributed by atoms with Crippen molar-refractivity contribution in [2.24, 2.45) is 0 Å². The van der Waals surface area contributed by atoms with Gasteiger partial charge in [-0.2, -0.15) is 0 Å². The highest BCUT2D eigenvalue weighted by molar-refractivity contribution is 5.93. The lowest BCUT2D eigenvalue weighted by molar-refractivity contribution is 0.0697. The normalized spacial score (nSPS) is 17.1. The van der Waals surface area contributed by atoms with Crippen molar-refractivity contribution >= 4 is 11.8 Å². The molecular formula is C15H23N3O2. The topological polar surface area (TPSA) is 65.5 Å². The summed E-state index contributed by atoms with van der Waals surface area (Å²) in [6.07, 6.45) is 3.25. The molecule has 2 rings (SSSR count). The number of piperidine rings is 1. The van der Waals surface area contributed by atoms with Gasteiger partial charge in [0.05, 0.1) is 0 Å². The van der Waals surface area contributed by atoms with Crippen LogP contribution in [0.3, 0.4) is 0 Å². The van der Waals surface area contributed by atoms with Crippen LogP contribution in [0.4, 0.5) is 5.82 Å². The van der Waals surface area contributed by atoms with Crippen molar-refractivity contribution in [2.45, 2.75) is 39.2 Å². The molecule has 0 aliphatic carbocycles. The SMILES string of the molecule is CCCN1CCC(Nc2nc(C)ccc2C(=O)O)CC1. The molecule has 20 heavy (non-hydrogen) atoms. The number of hydrogen-bond acceptors (Lipinski definition) is 4. The molecule has 1 aromatic heterocycles. The lowest BCUT2D eigenvalue weighted by Crippen LogP contribution is -2.39. The highest BCUT2D eigenvalue weighted by Crippen LogP contribution is 2.19. The molecule has 1 aliphatic heterocycles. The molecular weight excluding hydrogens is 254 g/mol. The first-order chi connectivity index (χ1) is 9.60. The van der Waals surface area contributed by atoms with E-state index in [9.17, 15) is 9.90 Å². The number of carboxylic acid groups (broad SMARTS) is 1. The van der Waals surface area contributed by atoms with Crippen molar-refractivity contribution in [3.8, 4) is 0 Å². The number of nitrogens with one attached hydrogen (secondary N) is 1. The molecule has 0 aromatic carbocycles. The molecule has 0 radical (unpaired) electrons. The minimum absolute atomic E-state index is 0.256. The van der Waals surface area contributed by atoms with Gasteiger partial charge < -0.3 is 15.3 Å². The molecule has 0 spiro atoms. The second-order valence-electron chi connectivity index (χ2n) is 5.41. The number of carboxylic acids is 1. The summed E-state index contributed by atoms with van der Waals surface area (Å²) in [5.74, 6) is -0.421. The first-order valence-electron chi connectivity index (χ1n) is 7.30. The number of likely N-dealkylation sites (tertiary alicyclic amines) is 1. The molecule has 0 amide bonds. The van der Waals surface area contributed by atoms with E-state index >= 15 is 0 Å². The predicted octanol–water partition coefficient (Wildman–Crippen LogP) is 2.37. The molecule has 0 bridgehead atoms. The zero-order valence-electron chi connectivity index (χ0n) is 12.2. The van der Waals surface area contributed by atoms with Crippen molar-refractivity contribution in [1.29, 1.82) is 0 Å². The summed E-state index contributed by atoms with van der Waals surface area (Å²) in [5.41, 5.74) is 1.09. The Bertz CT molecular complexity index is 468. The number of nitrogens with zero attached hydrogens (tertiary/aromatic N) is 2. The lowest BCUT2D eigenvalue weighted by Gasteiger charge is -2.32. The van der Waals surface area contributed by atoms with Crippen LogP contribution in [0.5, 0.6) is 0 Å². The van der Waals surface area contributed by atoms with Gasteiger partial charge in [0, 0.05) is 24.8 Å². The van der Waals surface area contributed by atoms with E-state index in [4.69, 9.17) is 0 Å². The highest BCUT2D eigenvalue weighted by atomic mass is 16.4. The standard InChI is InChI=1S/C15H23N3O2/c1-3-8-18-9-6-12(7-10-18)17-14-13(15(19)20)5-4-11(2)16-14/h4-5,12H,3,6-10H2,1-2H3,(H,16,17)(H,19,20). The Hall–Kier alpha value is -1.62. The molecule has 2 N–H and O–H groups in total. The fraction of sp³-hybridized carbons (Fsp3) is 0.600. The highest BCUT2D eigenvalue weighted by Gasteiger charge is 2.21. The summed E-state index contributed by atoms with van der Waals surface area (Å²) >= 11 is 0. The minimum Gasteiger partial charge on any atom is -0.478 e. The largest absolute Gasteiger partial charge is 0.478 e. The third kappa shape index (κ3) is 3.70. The maximum Gasteiger partial charge on any atom is 0.339 e. The molecule has 1 aliphatic rings. The van der Waals surface area contributed by atoms with Crippen LogP contribution in [0.1, 0.15) is 42.2 Å². The van der Waals surface area contributed by atoms with Crippen molar-refractivity contribution in [1.82, 2.24) is 9.88 Å². The molecule has 1 aromatic rings. The zero-order valence-corrected chi connectivity index (χ0v) is 12.2. The van der Waals surface area contributed by atoms with E-state index in [0.29, 0.717) is 11.9 Å². The molecule has 5 nitrogen and oxygen atoms in total.